The molecule has 0 aliphatic carbocycles. The highest BCUT2D eigenvalue weighted by Gasteiger charge is 2.15. The molecule has 0 fully saturated rings. The number of rotatable bonds is 6. The smallest absolute Gasteiger partial charge is 0.151 e. The molecule has 1 N–H and O–H groups in total. The van der Waals surface area contributed by atoms with E-state index in [4.69, 9.17) is 0 Å². The van der Waals surface area contributed by atoms with Gasteiger partial charge in [0, 0.05) is 18.0 Å². The Labute approximate surface area is 114 Å². The van der Waals surface area contributed by atoms with Gasteiger partial charge in [-0.3, -0.25) is 4.79 Å². The third-order valence-corrected chi connectivity index (χ3v) is 3.39. The van der Waals surface area contributed by atoms with E-state index in [9.17, 15) is 13.6 Å². The van der Waals surface area contributed by atoms with Crippen LogP contribution in [0.4, 0.5) is 8.78 Å². The van der Waals surface area contributed by atoms with Crippen molar-refractivity contribution < 1.29 is 13.6 Å². The molecule has 1 aromatic carbocycles. The predicted octanol–water partition coefficient (Wildman–Crippen LogP) is 3.23. The van der Waals surface area contributed by atoms with E-state index in [0.29, 0.717) is 0 Å². The van der Waals surface area contributed by atoms with Gasteiger partial charge in [-0.25, -0.2) is 8.78 Å². The zero-order valence-corrected chi connectivity index (χ0v) is 12.0. The van der Waals surface area contributed by atoms with Crippen LogP contribution in [0.25, 0.3) is 0 Å². The van der Waals surface area contributed by atoms with Crippen LogP contribution in [-0.2, 0) is 11.2 Å². The van der Waals surface area contributed by atoms with Crippen molar-refractivity contribution in [1.82, 2.24) is 5.32 Å². The molecule has 0 amide bonds. The normalized spacial score (nSPS) is 12.5. The van der Waals surface area contributed by atoms with E-state index in [1.54, 1.807) is 0 Å². The van der Waals surface area contributed by atoms with Gasteiger partial charge in [-0.2, -0.15) is 0 Å². The summed E-state index contributed by atoms with van der Waals surface area (Å²) in [6, 6.07) is 2.65. The summed E-state index contributed by atoms with van der Waals surface area (Å²) in [5.41, 5.74) is -0.180. The molecule has 0 heterocycles. The fourth-order valence-corrected chi connectivity index (χ4v) is 1.79. The molecule has 1 aromatic rings. The first-order valence-electron chi connectivity index (χ1n) is 5.83. The summed E-state index contributed by atoms with van der Waals surface area (Å²) in [4.78, 5) is 11.6. The van der Waals surface area contributed by atoms with Crippen LogP contribution in [0.1, 0.15) is 25.8 Å². The van der Waals surface area contributed by atoms with Gasteiger partial charge in [0.25, 0.3) is 0 Å². The molecule has 0 radical (unpaired) electrons. The zero-order chi connectivity index (χ0) is 13.7. The van der Waals surface area contributed by atoms with Gasteiger partial charge < -0.3 is 5.32 Å². The summed E-state index contributed by atoms with van der Waals surface area (Å²) in [5, 5.41) is 3.00. The largest absolute Gasteiger partial charge is 0.307 e. The van der Waals surface area contributed by atoms with Crippen molar-refractivity contribution in [3.63, 3.8) is 0 Å². The molecule has 100 valence electrons. The number of Topliss-reactive ketones (excluding diaryl/α,β-unsaturated/α-hetero) is 1. The second-order valence-electron chi connectivity index (χ2n) is 4.23. The van der Waals surface area contributed by atoms with Crippen LogP contribution in [0.15, 0.2) is 16.6 Å². The van der Waals surface area contributed by atoms with Gasteiger partial charge in [0.05, 0.1) is 11.0 Å². The lowest BCUT2D eigenvalue weighted by Crippen LogP contribution is -2.31. The maximum Gasteiger partial charge on any atom is 0.151 e. The second kappa shape index (κ2) is 6.95. The molecule has 1 unspecified atom stereocenters. The van der Waals surface area contributed by atoms with Gasteiger partial charge in [-0.1, -0.05) is 6.92 Å². The van der Waals surface area contributed by atoms with Crippen LogP contribution in [0.5, 0.6) is 0 Å². The number of benzene rings is 1. The fourth-order valence-electron chi connectivity index (χ4n) is 1.42. The molecule has 0 aliphatic rings. The van der Waals surface area contributed by atoms with Crippen LogP contribution in [0, 0.1) is 11.6 Å². The minimum atomic E-state index is -0.702. The number of hydrogen-bond donors (Lipinski definition) is 1. The second-order valence-corrected chi connectivity index (χ2v) is 5.08. The monoisotopic (exact) mass is 319 g/mol. The van der Waals surface area contributed by atoms with Gasteiger partial charge in [0.2, 0.25) is 0 Å². The summed E-state index contributed by atoms with van der Waals surface area (Å²) in [5.74, 6) is -1.62. The van der Waals surface area contributed by atoms with Crippen LogP contribution in [-0.4, -0.2) is 18.4 Å². The lowest BCUT2D eigenvalue weighted by Gasteiger charge is -2.11. The highest BCUT2D eigenvalue weighted by molar-refractivity contribution is 9.10. The topological polar surface area (TPSA) is 29.1 Å². The number of carbonyl (C=O) groups is 1. The molecule has 18 heavy (non-hydrogen) atoms. The Morgan fingerprint density at radius 1 is 1.44 bits per heavy atom. The van der Waals surface area contributed by atoms with E-state index in [1.807, 2.05) is 13.8 Å². The molecule has 0 aromatic heterocycles. The third-order valence-electron chi connectivity index (χ3n) is 2.77. The lowest BCUT2D eigenvalue weighted by atomic mass is 10.1. The average molecular weight is 320 g/mol. The van der Waals surface area contributed by atoms with Crippen molar-refractivity contribution in [3.8, 4) is 0 Å². The highest BCUT2D eigenvalue weighted by Crippen LogP contribution is 2.22. The Balaban J connectivity index is 2.68. The van der Waals surface area contributed by atoms with E-state index < -0.39 is 11.6 Å². The Morgan fingerprint density at radius 2 is 2.11 bits per heavy atom. The highest BCUT2D eigenvalue weighted by atomic mass is 79.9. The number of ketones is 1. The standard InChI is InChI=1S/C13H16BrF2NO/c1-3-8(2)17-7-9(18)6-10-12(15)5-4-11(14)13(10)16/h4-5,8,17H,3,6-7H2,1-2H3. The van der Waals surface area contributed by atoms with E-state index in [1.165, 1.54) is 6.07 Å². The van der Waals surface area contributed by atoms with E-state index >= 15 is 0 Å². The van der Waals surface area contributed by atoms with E-state index in [0.717, 1.165) is 12.5 Å². The third kappa shape index (κ3) is 4.14. The number of nitrogens with one attached hydrogen (secondary N) is 1. The Hall–Kier alpha value is -0.810. The van der Waals surface area contributed by atoms with Crippen LogP contribution >= 0.6 is 15.9 Å². The van der Waals surface area contributed by atoms with E-state index in [2.05, 4.69) is 21.2 Å². The fraction of sp³-hybridized carbons (Fsp3) is 0.462. The van der Waals surface area contributed by atoms with Gasteiger partial charge in [0.15, 0.2) is 5.78 Å². The Bertz CT molecular complexity index is 437. The van der Waals surface area contributed by atoms with Crippen molar-refractivity contribution in [3.05, 3.63) is 33.8 Å². The van der Waals surface area contributed by atoms with Crippen LogP contribution in [0.3, 0.4) is 0 Å². The molecule has 1 rings (SSSR count). The van der Waals surface area contributed by atoms with Crippen molar-refractivity contribution >= 4 is 21.7 Å². The molecular weight excluding hydrogens is 304 g/mol. The maximum absolute atomic E-state index is 13.6. The molecular formula is C13H16BrF2NO. The average Bonchev–Trinajstić information content (AvgIpc) is 2.36. The van der Waals surface area contributed by atoms with Crippen molar-refractivity contribution in [1.29, 1.82) is 0 Å². The number of halogens is 3. The molecule has 0 aliphatic heterocycles. The lowest BCUT2D eigenvalue weighted by molar-refractivity contribution is -0.117. The predicted molar refractivity (Wildman–Crippen MR) is 70.5 cm³/mol. The molecule has 2 nitrogen and oxygen atoms in total. The Morgan fingerprint density at radius 3 is 2.72 bits per heavy atom. The molecule has 0 bridgehead atoms. The molecule has 0 saturated carbocycles. The minimum Gasteiger partial charge on any atom is -0.307 e. The first-order chi connectivity index (χ1) is 8.45. The summed E-state index contributed by atoms with van der Waals surface area (Å²) in [7, 11) is 0. The minimum absolute atomic E-state index is 0.125. The van der Waals surface area contributed by atoms with Crippen molar-refractivity contribution in [2.75, 3.05) is 6.54 Å². The molecule has 1 atom stereocenters. The van der Waals surface area contributed by atoms with Crippen LogP contribution < -0.4 is 5.32 Å². The van der Waals surface area contributed by atoms with Crippen molar-refractivity contribution in [2.45, 2.75) is 32.7 Å². The molecule has 5 heteroatoms. The first-order valence-corrected chi connectivity index (χ1v) is 6.62. The molecule has 0 saturated heterocycles. The van der Waals surface area contributed by atoms with E-state index in [-0.39, 0.29) is 34.8 Å². The first kappa shape index (κ1) is 15.2. The van der Waals surface area contributed by atoms with Gasteiger partial charge in [-0.05, 0) is 41.4 Å². The van der Waals surface area contributed by atoms with Crippen molar-refractivity contribution in [2.24, 2.45) is 0 Å². The summed E-state index contributed by atoms with van der Waals surface area (Å²) in [6.45, 7) is 4.07. The van der Waals surface area contributed by atoms with Crippen LogP contribution in [0.2, 0.25) is 0 Å². The quantitative estimate of drug-likeness (QED) is 0.816. The number of carbonyl (C=O) groups excluding carboxylic acids is 1. The van der Waals surface area contributed by atoms with Gasteiger partial charge in [-0.15, -0.1) is 0 Å². The maximum atomic E-state index is 13.6. The zero-order valence-electron chi connectivity index (χ0n) is 10.4. The summed E-state index contributed by atoms with van der Waals surface area (Å²) in [6.07, 6.45) is 0.660. The number of hydrogen-bond acceptors (Lipinski definition) is 2. The summed E-state index contributed by atoms with van der Waals surface area (Å²) >= 11 is 2.97. The summed E-state index contributed by atoms with van der Waals surface area (Å²) < 4.78 is 27.2. The molecule has 0 spiro atoms. The SMILES string of the molecule is CCC(C)NCC(=O)Cc1c(F)ccc(Br)c1F. The van der Waals surface area contributed by atoms with Gasteiger partial charge in [0.1, 0.15) is 11.6 Å². The van der Waals surface area contributed by atoms with Gasteiger partial charge >= 0.3 is 0 Å². The Kier molecular flexibility index (Phi) is 5.88.